The molecule has 1 saturated carbocycles. The van der Waals surface area contributed by atoms with Crippen LogP contribution in [0.15, 0.2) is 59.8 Å². The lowest BCUT2D eigenvalue weighted by atomic mass is 9.93. The number of oxime groups is 1. The maximum atomic E-state index is 10.9. The van der Waals surface area contributed by atoms with Gasteiger partial charge in [-0.1, -0.05) is 47.6 Å². The van der Waals surface area contributed by atoms with Crippen LogP contribution in [0.5, 0.6) is 5.75 Å². The Hall–Kier alpha value is -2.22. The molecule has 2 aromatic rings. The van der Waals surface area contributed by atoms with E-state index >= 15 is 0 Å². The fraction of sp³-hybridized carbons (Fsp3) is 0.409. The van der Waals surface area contributed by atoms with Crippen LogP contribution in [0, 0.1) is 0 Å². The topological polar surface area (TPSA) is 124 Å². The predicted molar refractivity (Wildman–Crippen MR) is 118 cm³/mol. The van der Waals surface area contributed by atoms with Crippen LogP contribution in [0.25, 0.3) is 0 Å². The molecular weight excluding hydrogens is 419 g/mol. The number of nitrogens with zero attached hydrogens (tertiary/aromatic N) is 1. The first-order valence-electron chi connectivity index (χ1n) is 10.2. The molecule has 0 bridgehead atoms. The quantitative estimate of drug-likeness (QED) is 0.220. The monoisotopic (exact) mass is 448 g/mol. The average molecular weight is 448 g/mol. The summed E-state index contributed by atoms with van der Waals surface area (Å²) in [6, 6.07) is 17.6. The average Bonchev–Trinajstić information content (AvgIpc) is 3.15. The summed E-state index contributed by atoms with van der Waals surface area (Å²) in [6.07, 6.45) is 2.11. The molecule has 0 aliphatic heterocycles. The van der Waals surface area contributed by atoms with Crippen molar-refractivity contribution in [2.75, 3.05) is 19.8 Å². The summed E-state index contributed by atoms with van der Waals surface area (Å²) in [5, 5.41) is 4.15. The highest BCUT2D eigenvalue weighted by Gasteiger charge is 2.38. The summed E-state index contributed by atoms with van der Waals surface area (Å²) in [4.78, 5) is 23.2. The first kappa shape index (κ1) is 23.4. The Kier molecular flexibility index (Phi) is 7.86. The SMILES string of the molecule is C/C(=N\OCCOc1ccccc1)c1ccc([C@@H]2CC[C@](N)(COP(=O)(O)O)C2)cc1. The van der Waals surface area contributed by atoms with Crippen LogP contribution < -0.4 is 10.5 Å². The maximum absolute atomic E-state index is 10.9. The van der Waals surface area contributed by atoms with E-state index in [2.05, 4.69) is 9.68 Å². The lowest BCUT2D eigenvalue weighted by Gasteiger charge is -2.24. The van der Waals surface area contributed by atoms with Gasteiger partial charge in [-0.3, -0.25) is 4.52 Å². The van der Waals surface area contributed by atoms with Gasteiger partial charge in [0.25, 0.3) is 0 Å². The molecule has 1 fully saturated rings. The number of rotatable bonds is 10. The van der Waals surface area contributed by atoms with E-state index in [1.165, 1.54) is 0 Å². The van der Waals surface area contributed by atoms with Crippen LogP contribution >= 0.6 is 7.82 Å². The van der Waals surface area contributed by atoms with Crippen LogP contribution in [0.2, 0.25) is 0 Å². The molecule has 1 aliphatic carbocycles. The summed E-state index contributed by atoms with van der Waals surface area (Å²) >= 11 is 0. The van der Waals surface area contributed by atoms with Crippen LogP contribution in [0.4, 0.5) is 0 Å². The van der Waals surface area contributed by atoms with Crippen molar-refractivity contribution in [3.63, 3.8) is 0 Å². The Morgan fingerprint density at radius 3 is 2.55 bits per heavy atom. The molecule has 8 nitrogen and oxygen atoms in total. The van der Waals surface area contributed by atoms with E-state index in [4.69, 9.17) is 25.1 Å². The van der Waals surface area contributed by atoms with E-state index in [-0.39, 0.29) is 12.5 Å². The molecule has 2 atom stereocenters. The number of hydrogen-bond acceptors (Lipinski definition) is 6. The molecule has 3 rings (SSSR count). The zero-order valence-corrected chi connectivity index (χ0v) is 18.4. The van der Waals surface area contributed by atoms with Crippen molar-refractivity contribution in [3.8, 4) is 5.75 Å². The Balaban J connectivity index is 1.47. The van der Waals surface area contributed by atoms with Gasteiger partial charge in [-0.05, 0) is 55.4 Å². The van der Waals surface area contributed by atoms with E-state index in [1.807, 2.05) is 61.5 Å². The first-order valence-corrected chi connectivity index (χ1v) is 11.7. The largest absolute Gasteiger partial charge is 0.490 e. The van der Waals surface area contributed by atoms with Gasteiger partial charge in [0.05, 0.1) is 12.3 Å². The van der Waals surface area contributed by atoms with E-state index in [1.54, 1.807) is 0 Å². The highest BCUT2D eigenvalue weighted by molar-refractivity contribution is 7.46. The number of para-hydroxylation sites is 1. The molecule has 168 valence electrons. The third-order valence-corrected chi connectivity index (χ3v) is 5.82. The molecule has 31 heavy (non-hydrogen) atoms. The van der Waals surface area contributed by atoms with Gasteiger partial charge >= 0.3 is 7.82 Å². The van der Waals surface area contributed by atoms with Crippen LogP contribution in [0.1, 0.15) is 43.2 Å². The minimum Gasteiger partial charge on any atom is -0.490 e. The summed E-state index contributed by atoms with van der Waals surface area (Å²) < 4.78 is 21.1. The fourth-order valence-corrected chi connectivity index (χ4v) is 4.12. The van der Waals surface area contributed by atoms with E-state index in [0.717, 1.165) is 29.0 Å². The van der Waals surface area contributed by atoms with Crippen LogP contribution in [-0.2, 0) is 13.9 Å². The number of phosphoric acid groups is 1. The molecule has 2 aromatic carbocycles. The number of nitrogens with two attached hydrogens (primary N) is 1. The smallest absolute Gasteiger partial charge is 0.469 e. The second-order valence-electron chi connectivity index (χ2n) is 7.86. The van der Waals surface area contributed by atoms with Crippen molar-refractivity contribution < 1.29 is 28.5 Å². The molecule has 0 radical (unpaired) electrons. The maximum Gasteiger partial charge on any atom is 0.469 e. The van der Waals surface area contributed by atoms with E-state index < -0.39 is 13.4 Å². The normalized spacial score (nSPS) is 21.8. The summed E-state index contributed by atoms with van der Waals surface area (Å²) in [5.74, 6) is 1.02. The molecule has 0 amide bonds. The number of benzene rings is 2. The second-order valence-corrected chi connectivity index (χ2v) is 9.10. The minimum absolute atomic E-state index is 0.150. The standard InChI is InChI=1S/C22H29N2O6P/c1-17(24-29-14-13-28-21-5-3-2-4-6-21)18-7-9-19(10-8-18)20-11-12-22(23,15-20)16-30-31(25,26)27/h2-10,20H,11-16,23H2,1H3,(H2,25,26,27)/b24-17+/t20-,22-/m1/s1. The second kappa shape index (κ2) is 10.4. The van der Waals surface area contributed by atoms with Gasteiger partial charge in [-0.15, -0.1) is 0 Å². The lowest BCUT2D eigenvalue weighted by molar-refractivity contribution is 0.107. The molecule has 1 aliphatic rings. The van der Waals surface area contributed by atoms with Gasteiger partial charge in [0.1, 0.15) is 12.4 Å². The van der Waals surface area contributed by atoms with Crippen molar-refractivity contribution in [2.45, 2.75) is 37.6 Å². The molecule has 0 saturated heterocycles. The highest BCUT2D eigenvalue weighted by atomic mass is 31.2. The minimum atomic E-state index is -4.51. The molecule has 4 N–H and O–H groups in total. The molecule has 9 heteroatoms. The van der Waals surface area contributed by atoms with Crippen LogP contribution in [0.3, 0.4) is 0 Å². The molecule has 0 spiro atoms. The Morgan fingerprint density at radius 2 is 1.87 bits per heavy atom. The van der Waals surface area contributed by atoms with Crippen molar-refractivity contribution in [3.05, 3.63) is 65.7 Å². The zero-order chi connectivity index (χ0) is 22.3. The molecule has 0 unspecified atom stereocenters. The van der Waals surface area contributed by atoms with Crippen molar-refractivity contribution in [2.24, 2.45) is 10.9 Å². The molecular formula is C22H29N2O6P. The van der Waals surface area contributed by atoms with E-state index in [0.29, 0.717) is 26.1 Å². The van der Waals surface area contributed by atoms with Gasteiger partial charge in [-0.2, -0.15) is 0 Å². The van der Waals surface area contributed by atoms with Crippen molar-refractivity contribution in [1.82, 2.24) is 0 Å². The number of phosphoric ester groups is 1. The fourth-order valence-electron chi connectivity index (χ4n) is 3.69. The Labute approximate surface area is 182 Å². The number of hydrogen-bond donors (Lipinski definition) is 3. The van der Waals surface area contributed by atoms with Gasteiger partial charge in [-0.25, -0.2) is 4.57 Å². The van der Waals surface area contributed by atoms with Crippen LogP contribution in [-0.4, -0.2) is 40.9 Å². The Morgan fingerprint density at radius 1 is 1.16 bits per heavy atom. The third-order valence-electron chi connectivity index (χ3n) is 5.35. The van der Waals surface area contributed by atoms with Gasteiger partial charge in [0, 0.05) is 5.54 Å². The zero-order valence-electron chi connectivity index (χ0n) is 17.5. The van der Waals surface area contributed by atoms with Gasteiger partial charge < -0.3 is 25.1 Å². The van der Waals surface area contributed by atoms with Crippen molar-refractivity contribution in [1.29, 1.82) is 0 Å². The van der Waals surface area contributed by atoms with Crippen molar-refractivity contribution >= 4 is 13.5 Å². The van der Waals surface area contributed by atoms with E-state index in [9.17, 15) is 4.57 Å². The summed E-state index contributed by atoms with van der Waals surface area (Å²) in [7, 11) is -4.51. The predicted octanol–water partition coefficient (Wildman–Crippen LogP) is 3.58. The summed E-state index contributed by atoms with van der Waals surface area (Å²) in [6.45, 7) is 2.49. The third kappa shape index (κ3) is 7.45. The molecule has 0 aromatic heterocycles. The van der Waals surface area contributed by atoms with Gasteiger partial charge in [0.2, 0.25) is 0 Å². The Bertz CT molecular complexity index is 915. The number of ether oxygens (including phenoxy) is 1. The van der Waals surface area contributed by atoms with Gasteiger partial charge in [0.15, 0.2) is 6.61 Å². The lowest BCUT2D eigenvalue weighted by Crippen LogP contribution is -2.41. The first-order chi connectivity index (χ1) is 14.7. The molecule has 0 heterocycles. The summed E-state index contributed by atoms with van der Waals surface area (Å²) in [5.41, 5.74) is 8.40. The highest BCUT2D eigenvalue weighted by Crippen LogP contribution is 2.43.